The average molecular weight is 347 g/mol. The van der Waals surface area contributed by atoms with Crippen LogP contribution in [0, 0.1) is 11.8 Å². The molecule has 0 aliphatic carbocycles. The lowest BCUT2D eigenvalue weighted by molar-refractivity contribution is -0.124. The Morgan fingerprint density at radius 1 is 1.08 bits per heavy atom. The van der Waals surface area contributed by atoms with E-state index in [9.17, 15) is 9.59 Å². The Kier molecular flexibility index (Phi) is 9.37. The van der Waals surface area contributed by atoms with E-state index in [1.165, 1.54) is 6.08 Å². The number of amides is 1. The molecular weight excluding hydrogens is 318 g/mol. The van der Waals surface area contributed by atoms with Gasteiger partial charge in [-0.15, -0.1) is 0 Å². The maximum Gasteiger partial charge on any atom is 0.243 e. The lowest BCUT2D eigenvalue weighted by Crippen LogP contribution is -2.26. The molecule has 5 nitrogen and oxygen atoms in total. The number of carbonyl (C=O) groups excluding carboxylic acids is 2. The molecule has 25 heavy (non-hydrogen) atoms. The van der Waals surface area contributed by atoms with Crippen molar-refractivity contribution in [1.82, 2.24) is 5.32 Å². The van der Waals surface area contributed by atoms with Gasteiger partial charge in [0, 0.05) is 5.92 Å². The number of allylic oxidation sites excluding steroid dienone is 1. The maximum atomic E-state index is 11.7. The van der Waals surface area contributed by atoms with Crippen molar-refractivity contribution in [3.8, 4) is 11.5 Å². The zero-order valence-electron chi connectivity index (χ0n) is 15.6. The molecule has 1 aromatic rings. The van der Waals surface area contributed by atoms with Crippen LogP contribution in [0.1, 0.15) is 34.1 Å². The number of nitrogens with one attached hydrogen (secondary N) is 1. The van der Waals surface area contributed by atoms with Crippen molar-refractivity contribution < 1.29 is 19.1 Å². The van der Waals surface area contributed by atoms with E-state index in [2.05, 4.69) is 5.32 Å². The largest absolute Gasteiger partial charge is 0.492 e. The second kappa shape index (κ2) is 11.3. The standard InChI is InChI=1S/C20H29NO4/c1-5-16(4)19(22)14-25-18-9-7-17(8-10-18)24-13-12-21-20(23)11-6-15(2)3/h6-11,15-16H,5,12-14H2,1-4H3,(H,21,23)/b11-6+. The summed E-state index contributed by atoms with van der Waals surface area (Å²) in [4.78, 5) is 23.2. The first kappa shape index (κ1) is 20.7. The monoisotopic (exact) mass is 347 g/mol. The van der Waals surface area contributed by atoms with Crippen LogP contribution in [0.4, 0.5) is 0 Å². The minimum absolute atomic E-state index is 0.0215. The number of Topliss-reactive ketones (excluding diaryl/α,β-unsaturated/α-hetero) is 1. The van der Waals surface area contributed by atoms with Gasteiger partial charge in [-0.3, -0.25) is 9.59 Å². The quantitative estimate of drug-likeness (QED) is 0.492. The molecule has 0 bridgehead atoms. The molecule has 0 saturated heterocycles. The van der Waals surface area contributed by atoms with Crippen molar-refractivity contribution in [3.05, 3.63) is 36.4 Å². The third-order valence-electron chi connectivity index (χ3n) is 3.67. The van der Waals surface area contributed by atoms with Gasteiger partial charge in [0.1, 0.15) is 24.7 Å². The van der Waals surface area contributed by atoms with E-state index < -0.39 is 0 Å². The van der Waals surface area contributed by atoms with E-state index in [0.29, 0.717) is 30.6 Å². The molecule has 0 aliphatic heterocycles. The van der Waals surface area contributed by atoms with Gasteiger partial charge in [0.15, 0.2) is 5.78 Å². The van der Waals surface area contributed by atoms with Crippen molar-refractivity contribution >= 4 is 11.7 Å². The molecule has 0 saturated carbocycles. The third-order valence-corrected chi connectivity index (χ3v) is 3.67. The van der Waals surface area contributed by atoms with Crippen LogP contribution in [0.5, 0.6) is 11.5 Å². The molecule has 138 valence electrons. The molecule has 1 atom stereocenters. The molecule has 0 aromatic heterocycles. The highest BCUT2D eigenvalue weighted by Crippen LogP contribution is 2.17. The summed E-state index contributed by atoms with van der Waals surface area (Å²) in [6, 6.07) is 7.10. The van der Waals surface area contributed by atoms with Crippen LogP contribution >= 0.6 is 0 Å². The minimum atomic E-state index is -0.118. The summed E-state index contributed by atoms with van der Waals surface area (Å²) in [5.74, 6) is 1.68. The van der Waals surface area contributed by atoms with Crippen molar-refractivity contribution in [2.45, 2.75) is 34.1 Å². The van der Waals surface area contributed by atoms with Crippen LogP contribution in [0.25, 0.3) is 0 Å². The molecule has 1 aromatic carbocycles. The number of benzene rings is 1. The molecule has 0 aliphatic rings. The van der Waals surface area contributed by atoms with Gasteiger partial charge in [-0.05, 0) is 42.7 Å². The Labute approximate surface area is 150 Å². The number of ether oxygens (including phenoxy) is 2. The highest BCUT2D eigenvalue weighted by molar-refractivity contribution is 5.87. The molecule has 0 heterocycles. The molecule has 0 fully saturated rings. The van der Waals surface area contributed by atoms with Crippen LogP contribution in [-0.2, 0) is 9.59 Å². The summed E-state index contributed by atoms with van der Waals surface area (Å²) >= 11 is 0. The summed E-state index contributed by atoms with van der Waals surface area (Å²) in [7, 11) is 0. The zero-order chi connectivity index (χ0) is 18.7. The SMILES string of the molecule is CCC(C)C(=O)COc1ccc(OCCNC(=O)/C=C/C(C)C)cc1. The summed E-state index contributed by atoms with van der Waals surface area (Å²) < 4.78 is 11.0. The second-order valence-corrected chi connectivity index (χ2v) is 6.28. The lowest BCUT2D eigenvalue weighted by Gasteiger charge is -2.10. The van der Waals surface area contributed by atoms with Gasteiger partial charge in [0.05, 0.1) is 6.54 Å². The average Bonchev–Trinajstić information content (AvgIpc) is 2.61. The fourth-order valence-corrected chi connectivity index (χ4v) is 1.84. The van der Waals surface area contributed by atoms with E-state index in [1.54, 1.807) is 24.3 Å². The maximum absolute atomic E-state index is 11.7. The first-order chi connectivity index (χ1) is 11.9. The van der Waals surface area contributed by atoms with Gasteiger partial charge < -0.3 is 14.8 Å². The van der Waals surface area contributed by atoms with E-state index in [-0.39, 0.29) is 24.2 Å². The highest BCUT2D eigenvalue weighted by atomic mass is 16.5. The van der Waals surface area contributed by atoms with Gasteiger partial charge in [-0.25, -0.2) is 0 Å². The van der Waals surface area contributed by atoms with Gasteiger partial charge >= 0.3 is 0 Å². The Hall–Kier alpha value is -2.30. The Bertz CT molecular complexity index is 564. The van der Waals surface area contributed by atoms with Crippen LogP contribution in [0.2, 0.25) is 0 Å². The zero-order valence-corrected chi connectivity index (χ0v) is 15.6. The summed E-state index contributed by atoms with van der Waals surface area (Å²) in [6.45, 7) is 8.82. The van der Waals surface area contributed by atoms with Crippen molar-refractivity contribution in [2.75, 3.05) is 19.8 Å². The number of rotatable bonds is 11. The van der Waals surface area contributed by atoms with E-state index in [4.69, 9.17) is 9.47 Å². The number of hydrogen-bond acceptors (Lipinski definition) is 4. The molecule has 1 rings (SSSR count). The van der Waals surface area contributed by atoms with Gasteiger partial charge in [0.25, 0.3) is 0 Å². The normalized spacial score (nSPS) is 12.2. The van der Waals surface area contributed by atoms with Crippen LogP contribution in [0.3, 0.4) is 0 Å². The predicted molar refractivity (Wildman–Crippen MR) is 98.9 cm³/mol. The molecule has 1 amide bonds. The first-order valence-corrected chi connectivity index (χ1v) is 8.76. The van der Waals surface area contributed by atoms with Gasteiger partial charge in [-0.1, -0.05) is 33.8 Å². The molecule has 1 N–H and O–H groups in total. The highest BCUT2D eigenvalue weighted by Gasteiger charge is 2.11. The lowest BCUT2D eigenvalue weighted by atomic mass is 10.1. The Morgan fingerprint density at radius 2 is 1.68 bits per heavy atom. The summed E-state index contributed by atoms with van der Waals surface area (Å²) in [6.07, 6.45) is 4.21. The van der Waals surface area contributed by atoms with E-state index in [0.717, 1.165) is 6.42 Å². The van der Waals surface area contributed by atoms with Gasteiger partial charge in [0.2, 0.25) is 5.91 Å². The third kappa shape index (κ3) is 8.94. The molecule has 1 unspecified atom stereocenters. The van der Waals surface area contributed by atoms with E-state index in [1.807, 2.05) is 33.8 Å². The predicted octanol–water partition coefficient (Wildman–Crippen LogP) is 3.39. The topological polar surface area (TPSA) is 64.6 Å². The number of ketones is 1. The van der Waals surface area contributed by atoms with Crippen LogP contribution in [-0.4, -0.2) is 31.4 Å². The molecule has 5 heteroatoms. The molecule has 0 radical (unpaired) electrons. The second-order valence-electron chi connectivity index (χ2n) is 6.28. The minimum Gasteiger partial charge on any atom is -0.492 e. The van der Waals surface area contributed by atoms with Crippen molar-refractivity contribution in [1.29, 1.82) is 0 Å². The molecular formula is C20H29NO4. The van der Waals surface area contributed by atoms with Crippen LogP contribution in [0.15, 0.2) is 36.4 Å². The Balaban J connectivity index is 2.28. The van der Waals surface area contributed by atoms with Crippen molar-refractivity contribution in [2.24, 2.45) is 11.8 Å². The summed E-state index contributed by atoms with van der Waals surface area (Å²) in [5, 5.41) is 2.76. The summed E-state index contributed by atoms with van der Waals surface area (Å²) in [5.41, 5.74) is 0. The smallest absolute Gasteiger partial charge is 0.243 e. The first-order valence-electron chi connectivity index (χ1n) is 8.76. The van der Waals surface area contributed by atoms with Crippen LogP contribution < -0.4 is 14.8 Å². The Morgan fingerprint density at radius 3 is 2.24 bits per heavy atom. The fraction of sp³-hybridized carbons (Fsp3) is 0.500. The number of hydrogen-bond donors (Lipinski definition) is 1. The molecule has 0 spiro atoms. The van der Waals surface area contributed by atoms with E-state index >= 15 is 0 Å². The van der Waals surface area contributed by atoms with Gasteiger partial charge in [-0.2, -0.15) is 0 Å². The van der Waals surface area contributed by atoms with Crippen molar-refractivity contribution in [3.63, 3.8) is 0 Å². The fourth-order valence-electron chi connectivity index (χ4n) is 1.84. The number of carbonyl (C=O) groups is 2.